The van der Waals surface area contributed by atoms with Crippen molar-refractivity contribution >= 4 is 5.91 Å². The van der Waals surface area contributed by atoms with Crippen LogP contribution < -0.4 is 5.73 Å². The zero-order valence-electron chi connectivity index (χ0n) is 13.9. The van der Waals surface area contributed by atoms with Crippen molar-refractivity contribution in [3.05, 3.63) is 0 Å². The number of hydrogen-bond donors (Lipinski definition) is 1. The van der Waals surface area contributed by atoms with Crippen LogP contribution in [0.4, 0.5) is 0 Å². The first-order valence-corrected chi connectivity index (χ1v) is 8.31. The quantitative estimate of drug-likeness (QED) is 0.860. The van der Waals surface area contributed by atoms with Crippen molar-refractivity contribution in [2.24, 2.45) is 28.9 Å². The van der Waals surface area contributed by atoms with E-state index in [2.05, 4.69) is 39.5 Å². The minimum absolute atomic E-state index is 0.0128. The molecule has 0 spiro atoms. The molecule has 2 rings (SSSR count). The second-order valence-corrected chi connectivity index (χ2v) is 8.02. The van der Waals surface area contributed by atoms with Crippen molar-refractivity contribution in [2.45, 2.75) is 72.4 Å². The monoisotopic (exact) mass is 280 g/mol. The Hall–Kier alpha value is -0.570. The fraction of sp³-hybridized carbons (Fsp3) is 0.941. The molecular formula is C17H32N2O. The standard InChI is InChI=1S/C17H32N2O/c1-11(2)10-19(13-6-7-13)16(20)14-8-9-15(18)12(3)17(14,4)5/h11-15H,6-10,18H2,1-5H3. The predicted molar refractivity (Wildman–Crippen MR) is 83.2 cm³/mol. The van der Waals surface area contributed by atoms with Crippen molar-refractivity contribution < 1.29 is 4.79 Å². The Bertz CT molecular complexity index is 360. The topological polar surface area (TPSA) is 46.3 Å². The van der Waals surface area contributed by atoms with Crippen LogP contribution in [0.25, 0.3) is 0 Å². The number of carbonyl (C=O) groups excluding carboxylic acids is 1. The fourth-order valence-corrected chi connectivity index (χ4v) is 3.69. The van der Waals surface area contributed by atoms with Crippen molar-refractivity contribution in [1.29, 1.82) is 0 Å². The van der Waals surface area contributed by atoms with E-state index in [1.807, 2.05) is 0 Å². The summed E-state index contributed by atoms with van der Waals surface area (Å²) in [6.45, 7) is 12.0. The summed E-state index contributed by atoms with van der Waals surface area (Å²) in [5, 5.41) is 0. The zero-order chi connectivity index (χ0) is 15.1. The highest BCUT2D eigenvalue weighted by Gasteiger charge is 2.48. The molecule has 3 atom stereocenters. The second kappa shape index (κ2) is 5.67. The van der Waals surface area contributed by atoms with Crippen LogP contribution in [-0.4, -0.2) is 29.4 Å². The molecule has 1 amide bonds. The van der Waals surface area contributed by atoms with E-state index < -0.39 is 0 Å². The maximum absolute atomic E-state index is 13.1. The summed E-state index contributed by atoms with van der Waals surface area (Å²) in [5.74, 6) is 1.50. The van der Waals surface area contributed by atoms with Gasteiger partial charge in [0.05, 0.1) is 0 Å². The van der Waals surface area contributed by atoms with Crippen molar-refractivity contribution in [2.75, 3.05) is 6.54 Å². The van der Waals surface area contributed by atoms with Gasteiger partial charge in [-0.05, 0) is 42.9 Å². The molecule has 0 aromatic heterocycles. The summed E-state index contributed by atoms with van der Waals surface area (Å²) in [4.78, 5) is 15.2. The first-order valence-electron chi connectivity index (χ1n) is 8.31. The number of nitrogens with two attached hydrogens (primary N) is 1. The van der Waals surface area contributed by atoms with Crippen LogP contribution in [0.3, 0.4) is 0 Å². The molecule has 2 aliphatic carbocycles. The van der Waals surface area contributed by atoms with Gasteiger partial charge in [-0.3, -0.25) is 4.79 Å². The molecule has 2 aliphatic rings. The lowest BCUT2D eigenvalue weighted by Crippen LogP contribution is -2.53. The van der Waals surface area contributed by atoms with Gasteiger partial charge in [0, 0.05) is 24.5 Å². The number of nitrogens with zero attached hydrogens (tertiary/aromatic N) is 1. The molecule has 20 heavy (non-hydrogen) atoms. The summed E-state index contributed by atoms with van der Waals surface area (Å²) in [6.07, 6.45) is 4.33. The van der Waals surface area contributed by atoms with Crippen molar-refractivity contribution in [3.8, 4) is 0 Å². The molecule has 3 nitrogen and oxygen atoms in total. The molecule has 0 aromatic carbocycles. The third-order valence-electron chi connectivity index (χ3n) is 5.63. The Balaban J connectivity index is 2.14. The maximum Gasteiger partial charge on any atom is 0.226 e. The average Bonchev–Trinajstić information content (AvgIpc) is 3.16. The summed E-state index contributed by atoms with van der Waals surface area (Å²) in [6, 6.07) is 0.764. The minimum atomic E-state index is 0.0128. The highest BCUT2D eigenvalue weighted by molar-refractivity contribution is 5.80. The number of hydrogen-bond acceptors (Lipinski definition) is 2. The van der Waals surface area contributed by atoms with Gasteiger partial charge in [-0.1, -0.05) is 34.6 Å². The number of carbonyl (C=O) groups is 1. The van der Waals surface area contributed by atoms with Gasteiger partial charge in [0.15, 0.2) is 0 Å². The predicted octanol–water partition coefficient (Wildman–Crippen LogP) is 3.03. The summed E-state index contributed by atoms with van der Waals surface area (Å²) < 4.78 is 0. The van der Waals surface area contributed by atoms with Gasteiger partial charge in [0.25, 0.3) is 0 Å². The lowest BCUT2D eigenvalue weighted by atomic mass is 9.60. The normalized spacial score (nSPS) is 33.2. The molecule has 0 aliphatic heterocycles. The van der Waals surface area contributed by atoms with Crippen LogP contribution in [0.5, 0.6) is 0 Å². The summed E-state index contributed by atoms with van der Waals surface area (Å²) in [5.41, 5.74) is 6.23. The zero-order valence-corrected chi connectivity index (χ0v) is 13.9. The van der Waals surface area contributed by atoms with E-state index in [4.69, 9.17) is 5.73 Å². The molecule has 0 radical (unpaired) electrons. The third kappa shape index (κ3) is 3.03. The average molecular weight is 280 g/mol. The van der Waals surface area contributed by atoms with Gasteiger partial charge in [0.1, 0.15) is 0 Å². The van der Waals surface area contributed by atoms with Crippen molar-refractivity contribution in [1.82, 2.24) is 4.90 Å². The van der Waals surface area contributed by atoms with Gasteiger partial charge in [-0.25, -0.2) is 0 Å². The van der Waals surface area contributed by atoms with Crippen LogP contribution in [-0.2, 0) is 4.79 Å². The van der Waals surface area contributed by atoms with Crippen LogP contribution in [0.1, 0.15) is 60.3 Å². The highest BCUT2D eigenvalue weighted by atomic mass is 16.2. The first-order chi connectivity index (χ1) is 9.25. The van der Waals surface area contributed by atoms with E-state index in [1.165, 1.54) is 12.8 Å². The van der Waals surface area contributed by atoms with Gasteiger partial charge < -0.3 is 10.6 Å². The minimum Gasteiger partial charge on any atom is -0.339 e. The van der Waals surface area contributed by atoms with Crippen LogP contribution >= 0.6 is 0 Å². The van der Waals surface area contributed by atoms with Gasteiger partial charge in [0.2, 0.25) is 5.91 Å². The smallest absolute Gasteiger partial charge is 0.226 e. The van der Waals surface area contributed by atoms with Gasteiger partial charge in [-0.2, -0.15) is 0 Å². The molecule has 116 valence electrons. The van der Waals surface area contributed by atoms with Crippen LogP contribution in [0.15, 0.2) is 0 Å². The number of amides is 1. The van der Waals surface area contributed by atoms with E-state index >= 15 is 0 Å². The molecule has 0 bridgehead atoms. The van der Waals surface area contributed by atoms with Crippen LogP contribution in [0, 0.1) is 23.2 Å². The third-order valence-corrected chi connectivity index (χ3v) is 5.63. The second-order valence-electron chi connectivity index (χ2n) is 8.02. The molecule has 0 saturated heterocycles. The van der Waals surface area contributed by atoms with E-state index in [0.717, 1.165) is 19.4 Å². The highest BCUT2D eigenvalue weighted by Crippen LogP contribution is 2.46. The molecule has 3 unspecified atom stereocenters. The van der Waals surface area contributed by atoms with E-state index in [9.17, 15) is 4.79 Å². The Labute approximate surface area is 124 Å². The molecule has 0 heterocycles. The van der Waals surface area contributed by atoms with Gasteiger partial charge >= 0.3 is 0 Å². The summed E-state index contributed by atoms with van der Waals surface area (Å²) >= 11 is 0. The fourth-order valence-electron chi connectivity index (χ4n) is 3.69. The lowest BCUT2D eigenvalue weighted by molar-refractivity contribution is -0.144. The molecular weight excluding hydrogens is 248 g/mol. The molecule has 3 heteroatoms. The Kier molecular flexibility index (Phi) is 4.48. The molecule has 2 saturated carbocycles. The largest absolute Gasteiger partial charge is 0.339 e. The van der Waals surface area contributed by atoms with Crippen LogP contribution in [0.2, 0.25) is 0 Å². The molecule has 2 fully saturated rings. The lowest BCUT2D eigenvalue weighted by Gasteiger charge is -2.47. The Morgan fingerprint density at radius 1 is 1.25 bits per heavy atom. The number of rotatable bonds is 4. The molecule has 0 aromatic rings. The maximum atomic E-state index is 13.1. The SMILES string of the molecule is CC(C)CN(C(=O)C1CCC(N)C(C)C1(C)C)C1CC1. The molecule has 2 N–H and O–H groups in total. The van der Waals surface area contributed by atoms with E-state index in [0.29, 0.717) is 23.8 Å². The van der Waals surface area contributed by atoms with E-state index in [1.54, 1.807) is 0 Å². The first kappa shape index (κ1) is 15.8. The van der Waals surface area contributed by atoms with Gasteiger partial charge in [-0.15, -0.1) is 0 Å². The van der Waals surface area contributed by atoms with E-state index in [-0.39, 0.29) is 17.4 Å². The summed E-state index contributed by atoms with van der Waals surface area (Å²) in [7, 11) is 0. The van der Waals surface area contributed by atoms with Crippen molar-refractivity contribution in [3.63, 3.8) is 0 Å². The Morgan fingerprint density at radius 3 is 2.35 bits per heavy atom. The Morgan fingerprint density at radius 2 is 1.85 bits per heavy atom.